The van der Waals surface area contributed by atoms with Crippen LogP contribution < -0.4 is 0 Å². The van der Waals surface area contributed by atoms with Gasteiger partial charge >= 0.3 is 0 Å². The molecule has 2 fully saturated rings. The van der Waals surface area contributed by atoms with Crippen molar-refractivity contribution in [2.75, 3.05) is 6.61 Å². The standard InChI is InChI=1S/C15H18O2/c16-15(14-9-4-10-17-14)13-8-2-1-7-12(13)11-5-3-6-11/h1-2,7-8,11,14H,3-6,9-10H2. The Morgan fingerprint density at radius 3 is 2.59 bits per heavy atom. The summed E-state index contributed by atoms with van der Waals surface area (Å²) in [7, 11) is 0. The highest BCUT2D eigenvalue weighted by atomic mass is 16.5. The van der Waals surface area contributed by atoms with Gasteiger partial charge in [-0.15, -0.1) is 0 Å². The second kappa shape index (κ2) is 4.61. The first kappa shape index (κ1) is 11.0. The molecule has 2 aliphatic rings. The molecule has 1 saturated carbocycles. The van der Waals surface area contributed by atoms with Gasteiger partial charge in [-0.25, -0.2) is 0 Å². The fourth-order valence-electron chi connectivity index (χ4n) is 2.75. The Hall–Kier alpha value is -1.15. The first-order valence-corrected chi connectivity index (χ1v) is 6.61. The van der Waals surface area contributed by atoms with E-state index in [4.69, 9.17) is 4.74 Å². The van der Waals surface area contributed by atoms with Crippen LogP contribution in [0.1, 0.15) is 53.9 Å². The Morgan fingerprint density at radius 2 is 1.94 bits per heavy atom. The largest absolute Gasteiger partial charge is 0.370 e. The number of rotatable bonds is 3. The van der Waals surface area contributed by atoms with Gasteiger partial charge in [0.1, 0.15) is 6.10 Å². The number of carbonyl (C=O) groups excluding carboxylic acids is 1. The number of hydrogen-bond donors (Lipinski definition) is 0. The molecule has 0 aromatic heterocycles. The van der Waals surface area contributed by atoms with Crippen molar-refractivity contribution in [3.05, 3.63) is 35.4 Å². The number of Topliss-reactive ketones (excluding diaryl/α,β-unsaturated/α-hetero) is 1. The van der Waals surface area contributed by atoms with Crippen LogP contribution in [0.5, 0.6) is 0 Å². The van der Waals surface area contributed by atoms with E-state index in [1.807, 2.05) is 18.2 Å². The van der Waals surface area contributed by atoms with Crippen LogP contribution in [0.3, 0.4) is 0 Å². The molecule has 1 saturated heterocycles. The highest BCUT2D eigenvalue weighted by Gasteiger charge is 2.29. The maximum absolute atomic E-state index is 12.4. The lowest BCUT2D eigenvalue weighted by atomic mass is 9.77. The Bertz CT molecular complexity index is 415. The lowest BCUT2D eigenvalue weighted by Gasteiger charge is -2.28. The average Bonchev–Trinajstić information content (AvgIpc) is 2.80. The zero-order valence-corrected chi connectivity index (χ0v) is 10.0. The molecule has 1 aromatic rings. The molecule has 2 nitrogen and oxygen atoms in total. The van der Waals surface area contributed by atoms with Crippen molar-refractivity contribution in [2.24, 2.45) is 0 Å². The number of hydrogen-bond acceptors (Lipinski definition) is 2. The van der Waals surface area contributed by atoms with E-state index < -0.39 is 0 Å². The monoisotopic (exact) mass is 230 g/mol. The molecule has 0 radical (unpaired) electrons. The van der Waals surface area contributed by atoms with Gasteiger partial charge in [0.05, 0.1) is 0 Å². The molecular formula is C15H18O2. The quantitative estimate of drug-likeness (QED) is 0.745. The Labute approximate surface area is 102 Å². The van der Waals surface area contributed by atoms with Gasteiger partial charge in [-0.1, -0.05) is 30.7 Å². The third-order valence-electron chi connectivity index (χ3n) is 3.99. The maximum Gasteiger partial charge on any atom is 0.191 e. The summed E-state index contributed by atoms with van der Waals surface area (Å²) in [6.07, 6.45) is 5.48. The molecule has 0 N–H and O–H groups in total. The zero-order chi connectivity index (χ0) is 11.7. The second-order valence-corrected chi connectivity index (χ2v) is 5.08. The third kappa shape index (κ3) is 2.02. The molecule has 1 atom stereocenters. The third-order valence-corrected chi connectivity index (χ3v) is 3.99. The Balaban J connectivity index is 1.87. The number of ether oxygens (including phenoxy) is 1. The summed E-state index contributed by atoms with van der Waals surface area (Å²) >= 11 is 0. The fourth-order valence-corrected chi connectivity index (χ4v) is 2.75. The van der Waals surface area contributed by atoms with Gasteiger partial charge in [-0.2, -0.15) is 0 Å². The second-order valence-electron chi connectivity index (χ2n) is 5.08. The molecule has 1 heterocycles. The lowest BCUT2D eigenvalue weighted by Crippen LogP contribution is -2.22. The smallest absolute Gasteiger partial charge is 0.191 e. The van der Waals surface area contributed by atoms with Crippen LogP contribution in [0.2, 0.25) is 0 Å². The molecule has 3 rings (SSSR count). The van der Waals surface area contributed by atoms with Crippen LogP contribution in [-0.2, 0) is 4.74 Å². The van der Waals surface area contributed by atoms with E-state index in [0.717, 1.165) is 25.0 Å². The molecule has 1 aromatic carbocycles. The van der Waals surface area contributed by atoms with Crippen molar-refractivity contribution in [1.29, 1.82) is 0 Å². The first-order valence-electron chi connectivity index (χ1n) is 6.61. The molecule has 90 valence electrons. The van der Waals surface area contributed by atoms with Crippen LogP contribution in [0.15, 0.2) is 24.3 Å². The van der Waals surface area contributed by atoms with Gasteiger partial charge in [0.2, 0.25) is 0 Å². The van der Waals surface area contributed by atoms with E-state index in [-0.39, 0.29) is 11.9 Å². The van der Waals surface area contributed by atoms with Crippen molar-refractivity contribution in [2.45, 2.75) is 44.1 Å². The molecule has 2 heteroatoms. The van der Waals surface area contributed by atoms with E-state index in [0.29, 0.717) is 5.92 Å². The first-order chi connectivity index (χ1) is 8.36. The van der Waals surface area contributed by atoms with Crippen molar-refractivity contribution in [3.8, 4) is 0 Å². The fraction of sp³-hybridized carbons (Fsp3) is 0.533. The summed E-state index contributed by atoms with van der Waals surface area (Å²) in [5, 5.41) is 0. The topological polar surface area (TPSA) is 26.3 Å². The van der Waals surface area contributed by atoms with E-state index in [2.05, 4.69) is 6.07 Å². The average molecular weight is 230 g/mol. The van der Waals surface area contributed by atoms with Crippen LogP contribution in [0.25, 0.3) is 0 Å². The van der Waals surface area contributed by atoms with E-state index in [1.165, 1.54) is 24.8 Å². The SMILES string of the molecule is O=C(c1ccccc1C1CCC1)C1CCCO1. The van der Waals surface area contributed by atoms with Crippen LogP contribution >= 0.6 is 0 Å². The molecule has 0 amide bonds. The van der Waals surface area contributed by atoms with Crippen LogP contribution in [-0.4, -0.2) is 18.5 Å². The van der Waals surface area contributed by atoms with Gasteiger partial charge in [0.15, 0.2) is 5.78 Å². The van der Waals surface area contributed by atoms with Crippen LogP contribution in [0, 0.1) is 0 Å². The van der Waals surface area contributed by atoms with Gasteiger partial charge in [0, 0.05) is 12.2 Å². The molecule has 1 aliphatic heterocycles. The summed E-state index contributed by atoms with van der Waals surface area (Å²) < 4.78 is 5.51. The number of carbonyl (C=O) groups is 1. The van der Waals surface area contributed by atoms with E-state index >= 15 is 0 Å². The number of benzene rings is 1. The zero-order valence-electron chi connectivity index (χ0n) is 10.0. The van der Waals surface area contributed by atoms with E-state index in [9.17, 15) is 4.79 Å². The van der Waals surface area contributed by atoms with Crippen molar-refractivity contribution >= 4 is 5.78 Å². The Morgan fingerprint density at radius 1 is 1.12 bits per heavy atom. The Kier molecular flexibility index (Phi) is 2.98. The highest BCUT2D eigenvalue weighted by molar-refractivity contribution is 6.01. The predicted molar refractivity (Wildman–Crippen MR) is 66.3 cm³/mol. The summed E-state index contributed by atoms with van der Waals surface area (Å²) in [4.78, 5) is 12.4. The molecule has 0 spiro atoms. The predicted octanol–water partition coefficient (Wildman–Crippen LogP) is 3.32. The molecule has 17 heavy (non-hydrogen) atoms. The van der Waals surface area contributed by atoms with Crippen molar-refractivity contribution < 1.29 is 9.53 Å². The highest BCUT2D eigenvalue weighted by Crippen LogP contribution is 2.38. The molecule has 1 aliphatic carbocycles. The van der Waals surface area contributed by atoms with E-state index in [1.54, 1.807) is 0 Å². The van der Waals surface area contributed by atoms with Crippen molar-refractivity contribution in [3.63, 3.8) is 0 Å². The molecule has 0 bridgehead atoms. The van der Waals surface area contributed by atoms with Gasteiger partial charge in [0.25, 0.3) is 0 Å². The minimum absolute atomic E-state index is 0.184. The van der Waals surface area contributed by atoms with Crippen molar-refractivity contribution in [1.82, 2.24) is 0 Å². The summed E-state index contributed by atoms with van der Waals surface area (Å²) in [6, 6.07) is 8.09. The minimum Gasteiger partial charge on any atom is -0.370 e. The maximum atomic E-state index is 12.4. The number of ketones is 1. The van der Waals surface area contributed by atoms with Gasteiger partial charge in [-0.3, -0.25) is 4.79 Å². The van der Waals surface area contributed by atoms with Crippen LogP contribution in [0.4, 0.5) is 0 Å². The lowest BCUT2D eigenvalue weighted by molar-refractivity contribution is 0.0641. The van der Waals surface area contributed by atoms with Gasteiger partial charge < -0.3 is 4.74 Å². The molecular weight excluding hydrogens is 212 g/mol. The molecule has 1 unspecified atom stereocenters. The summed E-state index contributed by atoms with van der Waals surface area (Å²) in [6.45, 7) is 0.738. The minimum atomic E-state index is -0.184. The summed E-state index contributed by atoms with van der Waals surface area (Å²) in [5.74, 6) is 0.807. The summed E-state index contributed by atoms with van der Waals surface area (Å²) in [5.41, 5.74) is 2.16. The van der Waals surface area contributed by atoms with Gasteiger partial charge in [-0.05, 0) is 37.2 Å². The normalized spacial score (nSPS) is 24.6.